The summed E-state index contributed by atoms with van der Waals surface area (Å²) in [7, 11) is 0. The summed E-state index contributed by atoms with van der Waals surface area (Å²) >= 11 is 5.96. The summed E-state index contributed by atoms with van der Waals surface area (Å²) in [5, 5.41) is 12.9. The number of pyridine rings is 1. The van der Waals surface area contributed by atoms with E-state index in [2.05, 4.69) is 10.3 Å². The minimum atomic E-state index is -0.839. The van der Waals surface area contributed by atoms with Crippen molar-refractivity contribution in [3.05, 3.63) is 52.9 Å². The van der Waals surface area contributed by atoms with Crippen LogP contribution in [0.1, 0.15) is 10.4 Å². The molecule has 0 spiro atoms. The van der Waals surface area contributed by atoms with Crippen LogP contribution in [0.5, 0.6) is 5.75 Å². The molecule has 8 heteroatoms. The number of halogens is 2. The second-order valence-corrected chi connectivity index (χ2v) is 5.13. The summed E-state index contributed by atoms with van der Waals surface area (Å²) in [6, 6.07) is 6.86. The number of carbonyl (C=O) groups excluding carboxylic acids is 1. The number of nitrogens with zero attached hydrogens (tertiary/aromatic N) is 1. The Balaban J connectivity index is 1.83. The molecule has 0 fully saturated rings. The summed E-state index contributed by atoms with van der Waals surface area (Å²) in [6.07, 6.45) is 0.450. The average molecular weight is 340 g/mol. The van der Waals surface area contributed by atoms with E-state index in [1.807, 2.05) is 0 Å². The van der Waals surface area contributed by atoms with Crippen LogP contribution in [-0.4, -0.2) is 35.3 Å². The Labute approximate surface area is 137 Å². The fraction of sp³-hybridized carbons (Fsp3) is 0.200. The minimum absolute atomic E-state index is 0.00954. The Morgan fingerprint density at radius 3 is 2.74 bits per heavy atom. The van der Waals surface area contributed by atoms with E-state index in [-0.39, 0.29) is 29.6 Å². The maximum absolute atomic E-state index is 12.7. The van der Waals surface area contributed by atoms with Crippen LogP contribution in [0.3, 0.4) is 0 Å². The molecule has 0 aliphatic carbocycles. The fourth-order valence-corrected chi connectivity index (χ4v) is 1.93. The number of benzene rings is 1. The molecule has 2 aromatic rings. The lowest BCUT2D eigenvalue weighted by atomic mass is 10.2. The topological polar surface area (TPSA) is 97.5 Å². The highest BCUT2D eigenvalue weighted by Gasteiger charge is 2.10. The normalized spacial score (nSPS) is 11.8. The van der Waals surface area contributed by atoms with Gasteiger partial charge in [0, 0.05) is 12.7 Å². The van der Waals surface area contributed by atoms with E-state index >= 15 is 0 Å². The number of hydrogen-bond donors (Lipinski definition) is 3. The predicted octanol–water partition coefficient (Wildman–Crippen LogP) is 1.82. The zero-order valence-corrected chi connectivity index (χ0v) is 12.8. The molecular weight excluding hydrogens is 325 g/mol. The van der Waals surface area contributed by atoms with Crippen molar-refractivity contribution in [2.45, 2.75) is 6.10 Å². The summed E-state index contributed by atoms with van der Waals surface area (Å²) in [4.78, 5) is 15.0. The molecule has 122 valence electrons. The number of aliphatic hydroxyl groups is 1. The van der Waals surface area contributed by atoms with Gasteiger partial charge in [-0.05, 0) is 30.3 Å². The van der Waals surface area contributed by atoms with Gasteiger partial charge < -0.3 is 20.9 Å². The Morgan fingerprint density at radius 2 is 2.13 bits per heavy atom. The van der Waals surface area contributed by atoms with E-state index < -0.39 is 12.0 Å². The predicted molar refractivity (Wildman–Crippen MR) is 84.2 cm³/mol. The molecule has 0 bridgehead atoms. The van der Waals surface area contributed by atoms with Gasteiger partial charge in [0.25, 0.3) is 0 Å². The Kier molecular flexibility index (Phi) is 5.72. The lowest BCUT2D eigenvalue weighted by Crippen LogP contribution is -2.26. The zero-order valence-electron chi connectivity index (χ0n) is 12.0. The molecule has 1 unspecified atom stereocenters. The highest BCUT2D eigenvalue weighted by molar-refractivity contribution is 6.33. The lowest BCUT2D eigenvalue weighted by molar-refractivity contribution is 0.1000. The average Bonchev–Trinajstić information content (AvgIpc) is 2.53. The highest BCUT2D eigenvalue weighted by Crippen LogP contribution is 2.20. The Hall–Kier alpha value is -2.38. The molecular formula is C15H15ClFN3O3. The molecule has 23 heavy (non-hydrogen) atoms. The molecule has 0 saturated heterocycles. The van der Waals surface area contributed by atoms with Crippen molar-refractivity contribution >= 4 is 23.3 Å². The van der Waals surface area contributed by atoms with Gasteiger partial charge in [-0.3, -0.25) is 4.79 Å². The first kappa shape index (κ1) is 17.0. The monoisotopic (exact) mass is 339 g/mol. The van der Waals surface area contributed by atoms with E-state index in [0.717, 1.165) is 0 Å². The van der Waals surface area contributed by atoms with Gasteiger partial charge in [-0.15, -0.1) is 0 Å². The van der Waals surface area contributed by atoms with E-state index in [0.29, 0.717) is 11.6 Å². The van der Waals surface area contributed by atoms with Crippen molar-refractivity contribution in [2.75, 3.05) is 18.5 Å². The third-order valence-electron chi connectivity index (χ3n) is 2.89. The number of nitrogens with two attached hydrogens (primary N) is 1. The third kappa shape index (κ3) is 5.08. The third-order valence-corrected chi connectivity index (χ3v) is 3.17. The molecule has 0 aliphatic heterocycles. The number of carbonyl (C=O) groups is 1. The number of aliphatic hydroxyl groups excluding tert-OH is 1. The van der Waals surface area contributed by atoms with Crippen LogP contribution in [0.2, 0.25) is 5.02 Å². The first-order valence-corrected chi connectivity index (χ1v) is 7.09. The smallest absolute Gasteiger partial charge is 0.250 e. The van der Waals surface area contributed by atoms with Gasteiger partial charge in [-0.2, -0.15) is 0 Å². The van der Waals surface area contributed by atoms with Crippen LogP contribution < -0.4 is 15.8 Å². The number of hydrogen-bond acceptors (Lipinski definition) is 5. The molecule has 0 saturated carbocycles. The van der Waals surface area contributed by atoms with E-state index in [1.54, 1.807) is 0 Å². The van der Waals surface area contributed by atoms with Crippen molar-refractivity contribution in [2.24, 2.45) is 5.73 Å². The minimum Gasteiger partial charge on any atom is -0.491 e. The second-order valence-electron chi connectivity index (χ2n) is 4.72. The van der Waals surface area contributed by atoms with Crippen molar-refractivity contribution in [1.82, 2.24) is 4.98 Å². The standard InChI is InChI=1S/C15H15ClFN3O3/c16-13-5-9(14(18)22)6-19-15(13)20-7-11(21)8-23-12-3-1-10(17)2-4-12/h1-6,11,21H,7-8H2,(H2,18,22)(H,19,20). The van der Waals surface area contributed by atoms with Gasteiger partial charge in [0.05, 0.1) is 10.6 Å². The number of amides is 1. The van der Waals surface area contributed by atoms with Crippen LogP contribution in [0.4, 0.5) is 10.2 Å². The van der Waals surface area contributed by atoms with Gasteiger partial charge in [-0.1, -0.05) is 11.6 Å². The first-order chi connectivity index (χ1) is 11.0. The first-order valence-electron chi connectivity index (χ1n) is 6.71. The molecule has 4 N–H and O–H groups in total. The van der Waals surface area contributed by atoms with Gasteiger partial charge in [0.15, 0.2) is 0 Å². The van der Waals surface area contributed by atoms with Gasteiger partial charge >= 0.3 is 0 Å². The number of anilines is 1. The maximum Gasteiger partial charge on any atom is 0.250 e. The zero-order chi connectivity index (χ0) is 16.8. The van der Waals surface area contributed by atoms with E-state index in [1.165, 1.54) is 36.5 Å². The molecule has 6 nitrogen and oxygen atoms in total. The van der Waals surface area contributed by atoms with Crippen molar-refractivity contribution in [3.8, 4) is 5.75 Å². The van der Waals surface area contributed by atoms with Crippen LogP contribution in [0, 0.1) is 5.82 Å². The Morgan fingerprint density at radius 1 is 1.43 bits per heavy atom. The molecule has 1 atom stereocenters. The van der Waals surface area contributed by atoms with Crippen molar-refractivity contribution in [1.29, 1.82) is 0 Å². The SMILES string of the molecule is NC(=O)c1cnc(NCC(O)COc2ccc(F)cc2)c(Cl)c1. The van der Waals surface area contributed by atoms with Gasteiger partial charge in [0.2, 0.25) is 5.91 Å². The quantitative estimate of drug-likeness (QED) is 0.715. The summed E-state index contributed by atoms with van der Waals surface area (Å²) in [5.41, 5.74) is 5.32. The van der Waals surface area contributed by atoms with E-state index in [9.17, 15) is 14.3 Å². The molecule has 1 heterocycles. The number of primary amides is 1. The molecule has 1 amide bonds. The summed E-state index contributed by atoms with van der Waals surface area (Å²) in [6.45, 7) is 0.138. The van der Waals surface area contributed by atoms with Crippen LogP contribution in [-0.2, 0) is 0 Å². The number of ether oxygens (including phenoxy) is 1. The number of aromatic nitrogens is 1. The molecule has 2 rings (SSSR count). The summed E-state index contributed by atoms with van der Waals surface area (Å²) in [5.74, 6) is -0.219. The molecule has 0 aliphatic rings. The van der Waals surface area contributed by atoms with E-state index in [4.69, 9.17) is 22.1 Å². The van der Waals surface area contributed by atoms with Gasteiger partial charge in [-0.25, -0.2) is 9.37 Å². The Bertz CT molecular complexity index is 682. The lowest BCUT2D eigenvalue weighted by Gasteiger charge is -2.14. The van der Waals surface area contributed by atoms with Gasteiger partial charge in [0.1, 0.15) is 30.1 Å². The largest absolute Gasteiger partial charge is 0.491 e. The van der Waals surface area contributed by atoms with Crippen LogP contribution in [0.15, 0.2) is 36.5 Å². The highest BCUT2D eigenvalue weighted by atomic mass is 35.5. The summed E-state index contributed by atoms with van der Waals surface area (Å²) < 4.78 is 18.1. The number of rotatable bonds is 7. The maximum atomic E-state index is 12.7. The fourth-order valence-electron chi connectivity index (χ4n) is 1.70. The second kappa shape index (κ2) is 7.75. The van der Waals surface area contributed by atoms with Crippen molar-refractivity contribution in [3.63, 3.8) is 0 Å². The molecule has 0 radical (unpaired) electrons. The van der Waals surface area contributed by atoms with Crippen LogP contribution in [0.25, 0.3) is 0 Å². The number of nitrogens with one attached hydrogen (secondary N) is 1. The molecule has 1 aromatic carbocycles. The van der Waals surface area contributed by atoms with Crippen LogP contribution >= 0.6 is 11.6 Å². The van der Waals surface area contributed by atoms with Crippen molar-refractivity contribution < 1.29 is 19.0 Å². The molecule has 1 aromatic heterocycles.